The molecule has 0 radical (unpaired) electrons. The van der Waals surface area contributed by atoms with Gasteiger partial charge in [0, 0.05) is 0 Å². The number of hydrogen-bond acceptors (Lipinski definition) is 5. The van der Waals surface area contributed by atoms with E-state index < -0.39 is 38.4 Å². The number of carbonyl (C=O) groups is 2. The Morgan fingerprint density at radius 1 is 1.31 bits per heavy atom. The minimum Gasteiger partial charge on any atom is -0.480 e. The van der Waals surface area contributed by atoms with Gasteiger partial charge in [0.25, 0.3) is 0 Å². The Balaban J connectivity index is 4.62. The molecular formula is C9H16O6S. The molecule has 0 saturated heterocycles. The topological polar surface area (TPSA) is 97.7 Å². The fourth-order valence-corrected chi connectivity index (χ4v) is 1.76. The van der Waals surface area contributed by atoms with Crippen LogP contribution in [0.4, 0.5) is 0 Å². The number of esters is 1. The quantitative estimate of drug-likeness (QED) is 0.718. The fraction of sp³-hybridized carbons (Fsp3) is 0.778. The lowest BCUT2D eigenvalue weighted by atomic mass is 10.2. The highest BCUT2D eigenvalue weighted by Crippen LogP contribution is 2.10. The number of carbonyl (C=O) groups excluding carboxylic acids is 1. The molecule has 7 heteroatoms. The van der Waals surface area contributed by atoms with Crippen molar-refractivity contribution in [3.8, 4) is 0 Å². The highest BCUT2D eigenvalue weighted by atomic mass is 32.2. The summed E-state index contributed by atoms with van der Waals surface area (Å²) >= 11 is 0. The summed E-state index contributed by atoms with van der Waals surface area (Å²) in [5.74, 6) is -3.35. The van der Waals surface area contributed by atoms with E-state index in [1.54, 1.807) is 20.8 Å². The Morgan fingerprint density at radius 2 is 1.75 bits per heavy atom. The first-order valence-electron chi connectivity index (χ1n) is 4.62. The number of aliphatic carboxylic acids is 1. The normalized spacial score (nSPS) is 14.2. The lowest BCUT2D eigenvalue weighted by Crippen LogP contribution is -2.35. The van der Waals surface area contributed by atoms with Crippen molar-refractivity contribution in [3.05, 3.63) is 0 Å². The highest BCUT2D eigenvalue weighted by Gasteiger charge is 2.31. The minimum absolute atomic E-state index is 0.793. The number of carboxylic acids is 1. The molecule has 0 aliphatic rings. The Bertz CT molecular complexity index is 375. The van der Waals surface area contributed by atoms with Gasteiger partial charge in [0.05, 0.1) is 0 Å². The number of ether oxygens (including phenoxy) is 1. The van der Waals surface area contributed by atoms with E-state index in [1.165, 1.54) is 0 Å². The summed E-state index contributed by atoms with van der Waals surface area (Å²) in [6.07, 6.45) is 0. The molecule has 0 spiro atoms. The van der Waals surface area contributed by atoms with Gasteiger partial charge >= 0.3 is 11.9 Å². The standard InChI is InChI=1S/C9H16O6S/c1-6(8(11)12)16(13,14)5-7(10)15-9(2,3)4/h6H,5H2,1-4H3,(H,11,12). The maximum absolute atomic E-state index is 11.4. The zero-order valence-corrected chi connectivity index (χ0v) is 10.5. The van der Waals surface area contributed by atoms with Crippen LogP contribution in [0.2, 0.25) is 0 Å². The Morgan fingerprint density at radius 3 is 2.06 bits per heavy atom. The molecule has 94 valence electrons. The van der Waals surface area contributed by atoms with Gasteiger partial charge in [-0.3, -0.25) is 9.59 Å². The van der Waals surface area contributed by atoms with Crippen LogP contribution in [0, 0.1) is 0 Å². The van der Waals surface area contributed by atoms with Crippen molar-refractivity contribution in [2.75, 3.05) is 5.75 Å². The average Bonchev–Trinajstić information content (AvgIpc) is 1.97. The number of rotatable bonds is 4. The van der Waals surface area contributed by atoms with Crippen molar-refractivity contribution >= 4 is 21.8 Å². The molecule has 1 unspecified atom stereocenters. The first-order valence-corrected chi connectivity index (χ1v) is 6.33. The lowest BCUT2D eigenvalue weighted by molar-refractivity contribution is -0.151. The SMILES string of the molecule is CC(C(=O)O)S(=O)(=O)CC(=O)OC(C)(C)C. The Kier molecular flexibility index (Phi) is 4.48. The molecule has 1 atom stereocenters. The van der Waals surface area contributed by atoms with E-state index in [0.29, 0.717) is 0 Å². The van der Waals surface area contributed by atoms with Crippen molar-refractivity contribution in [1.82, 2.24) is 0 Å². The van der Waals surface area contributed by atoms with Gasteiger partial charge in [-0.25, -0.2) is 8.42 Å². The maximum atomic E-state index is 11.4. The van der Waals surface area contributed by atoms with Crippen LogP contribution in [0.25, 0.3) is 0 Å². The fourth-order valence-electron chi connectivity index (χ4n) is 0.814. The molecular weight excluding hydrogens is 236 g/mol. The predicted octanol–water partition coefficient (Wildman–Crippen LogP) is 0.216. The van der Waals surface area contributed by atoms with Crippen LogP contribution in [0.1, 0.15) is 27.7 Å². The van der Waals surface area contributed by atoms with Gasteiger partial charge in [-0.1, -0.05) is 0 Å². The lowest BCUT2D eigenvalue weighted by Gasteiger charge is -2.19. The van der Waals surface area contributed by atoms with Crippen molar-refractivity contribution < 1.29 is 27.9 Å². The Labute approximate surface area is 94.5 Å². The van der Waals surface area contributed by atoms with E-state index in [-0.39, 0.29) is 0 Å². The summed E-state index contributed by atoms with van der Waals surface area (Å²) in [5.41, 5.74) is -0.793. The third-order valence-electron chi connectivity index (χ3n) is 1.63. The summed E-state index contributed by atoms with van der Waals surface area (Å²) < 4.78 is 27.6. The van der Waals surface area contributed by atoms with Crippen LogP contribution in [-0.2, 0) is 24.2 Å². The largest absolute Gasteiger partial charge is 0.480 e. The zero-order chi connectivity index (χ0) is 13.1. The van der Waals surface area contributed by atoms with Crippen LogP contribution in [0.3, 0.4) is 0 Å². The monoisotopic (exact) mass is 252 g/mol. The molecule has 0 aromatic carbocycles. The molecule has 0 heterocycles. The highest BCUT2D eigenvalue weighted by molar-refractivity contribution is 7.93. The second kappa shape index (κ2) is 4.82. The smallest absolute Gasteiger partial charge is 0.321 e. The van der Waals surface area contributed by atoms with Gasteiger partial charge in [0.1, 0.15) is 11.4 Å². The van der Waals surface area contributed by atoms with Crippen LogP contribution in [0.5, 0.6) is 0 Å². The summed E-state index contributed by atoms with van der Waals surface area (Å²) in [6.45, 7) is 5.80. The van der Waals surface area contributed by atoms with E-state index in [0.717, 1.165) is 6.92 Å². The van der Waals surface area contributed by atoms with E-state index in [4.69, 9.17) is 9.84 Å². The molecule has 0 aliphatic carbocycles. The molecule has 16 heavy (non-hydrogen) atoms. The van der Waals surface area contributed by atoms with Crippen molar-refractivity contribution in [1.29, 1.82) is 0 Å². The van der Waals surface area contributed by atoms with Gasteiger partial charge < -0.3 is 9.84 Å². The summed E-state index contributed by atoms with van der Waals surface area (Å²) in [5, 5.41) is 6.92. The van der Waals surface area contributed by atoms with Crippen LogP contribution < -0.4 is 0 Å². The predicted molar refractivity (Wildman–Crippen MR) is 56.7 cm³/mol. The molecule has 0 fully saturated rings. The molecule has 0 amide bonds. The molecule has 0 aliphatic heterocycles. The van der Waals surface area contributed by atoms with Gasteiger partial charge in [-0.05, 0) is 27.7 Å². The summed E-state index contributed by atoms with van der Waals surface area (Å²) in [4.78, 5) is 21.7. The van der Waals surface area contributed by atoms with E-state index in [9.17, 15) is 18.0 Å². The third-order valence-corrected chi connectivity index (χ3v) is 3.54. The molecule has 0 bridgehead atoms. The molecule has 0 saturated carbocycles. The summed E-state index contributed by atoms with van der Waals surface area (Å²) in [7, 11) is -4.01. The van der Waals surface area contributed by atoms with E-state index >= 15 is 0 Å². The van der Waals surface area contributed by atoms with Gasteiger partial charge in [-0.2, -0.15) is 0 Å². The molecule has 1 N–H and O–H groups in total. The molecule has 0 rings (SSSR count). The second-order valence-corrected chi connectivity index (χ2v) is 6.70. The Hall–Kier alpha value is -1.11. The molecule has 6 nitrogen and oxygen atoms in total. The third kappa shape index (κ3) is 5.11. The first-order chi connectivity index (χ1) is 6.96. The van der Waals surface area contributed by atoms with Crippen molar-refractivity contribution in [2.45, 2.75) is 38.5 Å². The first kappa shape index (κ1) is 14.9. The van der Waals surface area contributed by atoms with E-state index in [1.807, 2.05) is 0 Å². The minimum atomic E-state index is -4.01. The van der Waals surface area contributed by atoms with Crippen molar-refractivity contribution in [2.24, 2.45) is 0 Å². The van der Waals surface area contributed by atoms with Gasteiger partial charge in [-0.15, -0.1) is 0 Å². The average molecular weight is 252 g/mol. The maximum Gasteiger partial charge on any atom is 0.321 e. The van der Waals surface area contributed by atoms with Crippen LogP contribution >= 0.6 is 0 Å². The van der Waals surface area contributed by atoms with Gasteiger partial charge in [0.15, 0.2) is 15.1 Å². The van der Waals surface area contributed by atoms with Crippen LogP contribution in [0.15, 0.2) is 0 Å². The molecule has 0 aromatic heterocycles. The summed E-state index contributed by atoms with van der Waals surface area (Å²) in [6, 6.07) is 0. The van der Waals surface area contributed by atoms with Crippen LogP contribution in [-0.4, -0.2) is 42.1 Å². The van der Waals surface area contributed by atoms with E-state index in [2.05, 4.69) is 0 Å². The number of sulfone groups is 1. The zero-order valence-electron chi connectivity index (χ0n) is 9.68. The van der Waals surface area contributed by atoms with Crippen molar-refractivity contribution in [3.63, 3.8) is 0 Å². The number of hydrogen-bond donors (Lipinski definition) is 1. The number of carboxylic acid groups (broad SMARTS) is 1. The second-order valence-electron chi connectivity index (χ2n) is 4.37. The molecule has 0 aromatic rings. The van der Waals surface area contributed by atoms with Gasteiger partial charge in [0.2, 0.25) is 0 Å².